The lowest BCUT2D eigenvalue weighted by Gasteiger charge is -2.27. The standard InChI is InChI=1S/C7H12NO2/c1-8(10-2)7(9)6-4-3-5-6/h4,6H,3,5H2,1-2H3. The average Bonchev–Trinajstić information content (AvgIpc) is 1.82. The molecule has 1 radical (unpaired) electrons. The van der Waals surface area contributed by atoms with Gasteiger partial charge in [-0.25, -0.2) is 5.06 Å². The summed E-state index contributed by atoms with van der Waals surface area (Å²) in [6.45, 7) is 0. The van der Waals surface area contributed by atoms with Crippen molar-refractivity contribution in [2.75, 3.05) is 14.2 Å². The summed E-state index contributed by atoms with van der Waals surface area (Å²) >= 11 is 0. The molecule has 0 heterocycles. The molecule has 1 fully saturated rings. The first-order chi connectivity index (χ1) is 4.75. The molecule has 1 aliphatic carbocycles. The van der Waals surface area contributed by atoms with Crippen molar-refractivity contribution in [1.29, 1.82) is 0 Å². The van der Waals surface area contributed by atoms with E-state index in [1.54, 1.807) is 7.05 Å². The van der Waals surface area contributed by atoms with Gasteiger partial charge in [-0.05, 0) is 19.3 Å². The van der Waals surface area contributed by atoms with Crippen molar-refractivity contribution in [2.45, 2.75) is 12.8 Å². The van der Waals surface area contributed by atoms with E-state index >= 15 is 0 Å². The Morgan fingerprint density at radius 3 is 2.70 bits per heavy atom. The number of rotatable bonds is 2. The van der Waals surface area contributed by atoms with Gasteiger partial charge < -0.3 is 0 Å². The Balaban J connectivity index is 2.32. The molecule has 0 aliphatic heterocycles. The first-order valence-corrected chi connectivity index (χ1v) is 3.40. The van der Waals surface area contributed by atoms with Crippen LogP contribution in [-0.4, -0.2) is 25.1 Å². The normalized spacial score (nSPS) is 18.2. The number of carbonyl (C=O) groups is 1. The van der Waals surface area contributed by atoms with Gasteiger partial charge in [-0.1, -0.05) is 0 Å². The third-order valence-electron chi connectivity index (χ3n) is 1.83. The van der Waals surface area contributed by atoms with E-state index in [4.69, 9.17) is 4.84 Å². The van der Waals surface area contributed by atoms with Crippen molar-refractivity contribution in [1.82, 2.24) is 5.06 Å². The second-order valence-electron chi connectivity index (χ2n) is 2.44. The summed E-state index contributed by atoms with van der Waals surface area (Å²) in [5.41, 5.74) is 0. The lowest BCUT2D eigenvalue weighted by atomic mass is 9.85. The van der Waals surface area contributed by atoms with Crippen molar-refractivity contribution in [3.8, 4) is 0 Å². The van der Waals surface area contributed by atoms with Crippen molar-refractivity contribution in [3.63, 3.8) is 0 Å². The van der Waals surface area contributed by atoms with E-state index in [0.717, 1.165) is 12.8 Å². The van der Waals surface area contributed by atoms with E-state index in [0.29, 0.717) is 0 Å². The summed E-state index contributed by atoms with van der Waals surface area (Å²) in [7, 11) is 3.13. The van der Waals surface area contributed by atoms with E-state index in [1.807, 2.05) is 6.42 Å². The van der Waals surface area contributed by atoms with Gasteiger partial charge in [0.2, 0.25) is 5.91 Å². The number of hydrogen-bond donors (Lipinski definition) is 0. The fourth-order valence-corrected chi connectivity index (χ4v) is 0.881. The topological polar surface area (TPSA) is 29.5 Å². The van der Waals surface area contributed by atoms with Crippen LogP contribution >= 0.6 is 0 Å². The Kier molecular flexibility index (Phi) is 2.27. The van der Waals surface area contributed by atoms with E-state index in [-0.39, 0.29) is 11.8 Å². The maximum absolute atomic E-state index is 11.1. The van der Waals surface area contributed by atoms with E-state index in [9.17, 15) is 4.79 Å². The van der Waals surface area contributed by atoms with Crippen LogP contribution in [0, 0.1) is 12.3 Å². The van der Waals surface area contributed by atoms with Gasteiger partial charge in [-0.3, -0.25) is 9.63 Å². The third-order valence-corrected chi connectivity index (χ3v) is 1.83. The fourth-order valence-electron chi connectivity index (χ4n) is 0.881. The largest absolute Gasteiger partial charge is 0.275 e. The van der Waals surface area contributed by atoms with Crippen LogP contribution in [0.25, 0.3) is 0 Å². The van der Waals surface area contributed by atoms with Gasteiger partial charge in [0.25, 0.3) is 0 Å². The minimum atomic E-state index is 0.0637. The van der Waals surface area contributed by atoms with Gasteiger partial charge in [0, 0.05) is 13.0 Å². The number of carbonyl (C=O) groups excluding carboxylic acids is 1. The summed E-state index contributed by atoms with van der Waals surface area (Å²) in [6.07, 6.45) is 4.05. The molecule has 10 heavy (non-hydrogen) atoms. The third kappa shape index (κ3) is 1.29. The Hall–Kier alpha value is -0.570. The van der Waals surface area contributed by atoms with Gasteiger partial charge in [-0.15, -0.1) is 0 Å². The molecule has 1 rings (SSSR count). The van der Waals surface area contributed by atoms with Gasteiger partial charge in [0.1, 0.15) is 0 Å². The summed E-state index contributed by atoms with van der Waals surface area (Å²) in [5, 5.41) is 1.28. The highest BCUT2D eigenvalue weighted by Gasteiger charge is 2.28. The summed E-state index contributed by atoms with van der Waals surface area (Å²) in [6, 6.07) is 0. The van der Waals surface area contributed by atoms with E-state index in [2.05, 4.69) is 0 Å². The smallest absolute Gasteiger partial charge is 0.249 e. The molecule has 1 amide bonds. The minimum absolute atomic E-state index is 0.0637. The molecule has 1 atom stereocenters. The van der Waals surface area contributed by atoms with Gasteiger partial charge >= 0.3 is 0 Å². The molecule has 1 aliphatic rings. The maximum atomic E-state index is 11.1. The highest BCUT2D eigenvalue weighted by molar-refractivity contribution is 5.79. The Morgan fingerprint density at radius 2 is 2.40 bits per heavy atom. The van der Waals surface area contributed by atoms with Gasteiger partial charge in [-0.2, -0.15) is 0 Å². The number of hydroxylamine groups is 2. The molecule has 0 spiro atoms. The highest BCUT2D eigenvalue weighted by Crippen LogP contribution is 2.26. The number of amides is 1. The minimum Gasteiger partial charge on any atom is -0.275 e. The van der Waals surface area contributed by atoms with E-state index < -0.39 is 0 Å². The quantitative estimate of drug-likeness (QED) is 0.529. The highest BCUT2D eigenvalue weighted by atomic mass is 16.7. The number of nitrogens with zero attached hydrogens (tertiary/aromatic N) is 1. The molecular weight excluding hydrogens is 130 g/mol. The predicted molar refractivity (Wildman–Crippen MR) is 36.8 cm³/mol. The van der Waals surface area contributed by atoms with Crippen molar-refractivity contribution >= 4 is 5.91 Å². The van der Waals surface area contributed by atoms with Crippen LogP contribution in [0.4, 0.5) is 0 Å². The molecule has 0 aromatic heterocycles. The van der Waals surface area contributed by atoms with E-state index in [1.165, 1.54) is 12.2 Å². The van der Waals surface area contributed by atoms with Crippen LogP contribution in [0.15, 0.2) is 0 Å². The lowest BCUT2D eigenvalue weighted by Crippen LogP contribution is -2.35. The number of hydrogen-bond acceptors (Lipinski definition) is 2. The van der Waals surface area contributed by atoms with Crippen LogP contribution in [-0.2, 0) is 9.63 Å². The summed E-state index contributed by atoms with van der Waals surface area (Å²) < 4.78 is 0. The SMILES string of the molecule is CON(C)C(=O)C1[CH]CC1. The summed E-state index contributed by atoms with van der Waals surface area (Å²) in [4.78, 5) is 15.9. The first kappa shape index (κ1) is 7.54. The monoisotopic (exact) mass is 142 g/mol. The fraction of sp³-hybridized carbons (Fsp3) is 0.714. The predicted octanol–water partition coefficient (Wildman–Crippen LogP) is 0.620. The van der Waals surface area contributed by atoms with Crippen LogP contribution in [0.1, 0.15) is 12.8 Å². The average molecular weight is 142 g/mol. The Labute approximate surface area is 60.9 Å². The summed E-state index contributed by atoms with van der Waals surface area (Å²) in [5.74, 6) is 0.179. The molecule has 0 saturated heterocycles. The van der Waals surface area contributed by atoms with Crippen LogP contribution in [0.3, 0.4) is 0 Å². The maximum Gasteiger partial charge on any atom is 0.249 e. The van der Waals surface area contributed by atoms with Gasteiger partial charge in [0.05, 0.1) is 7.11 Å². The Morgan fingerprint density at radius 1 is 1.80 bits per heavy atom. The lowest BCUT2D eigenvalue weighted by molar-refractivity contribution is -0.173. The van der Waals surface area contributed by atoms with Crippen LogP contribution < -0.4 is 0 Å². The molecule has 3 heteroatoms. The molecule has 0 aromatic rings. The Bertz CT molecular complexity index is 125. The zero-order valence-corrected chi connectivity index (χ0v) is 6.33. The molecule has 0 N–H and O–H groups in total. The molecular formula is C7H12NO2. The first-order valence-electron chi connectivity index (χ1n) is 3.40. The molecule has 1 saturated carbocycles. The zero-order valence-electron chi connectivity index (χ0n) is 6.33. The van der Waals surface area contributed by atoms with Gasteiger partial charge in [0.15, 0.2) is 0 Å². The van der Waals surface area contributed by atoms with Crippen molar-refractivity contribution in [3.05, 3.63) is 6.42 Å². The van der Waals surface area contributed by atoms with Crippen molar-refractivity contribution in [2.24, 2.45) is 5.92 Å². The molecule has 57 valence electrons. The molecule has 3 nitrogen and oxygen atoms in total. The van der Waals surface area contributed by atoms with Crippen molar-refractivity contribution < 1.29 is 9.63 Å². The van der Waals surface area contributed by atoms with Crippen LogP contribution in [0.5, 0.6) is 0 Å². The molecule has 1 unspecified atom stereocenters. The molecule has 0 bridgehead atoms. The second-order valence-corrected chi connectivity index (χ2v) is 2.44. The second kappa shape index (κ2) is 3.01. The molecule has 0 aromatic carbocycles. The van der Waals surface area contributed by atoms with Crippen LogP contribution in [0.2, 0.25) is 0 Å². The zero-order chi connectivity index (χ0) is 7.56.